The summed E-state index contributed by atoms with van der Waals surface area (Å²) in [5, 5.41) is 43.9. The number of hydrogen-bond acceptors (Lipinski definition) is 19. The Balaban J connectivity index is 0.000000132. The molecule has 0 radical (unpaired) electrons. The lowest BCUT2D eigenvalue weighted by molar-refractivity contribution is 0.101. The Morgan fingerprint density at radius 2 is 0.933 bits per heavy atom. The molecule has 0 atom stereocenters. The van der Waals surface area contributed by atoms with Crippen molar-refractivity contribution in [1.29, 1.82) is 0 Å². The van der Waals surface area contributed by atoms with Crippen LogP contribution >= 0.6 is 46.9 Å². The molecule has 0 aliphatic rings. The van der Waals surface area contributed by atoms with Gasteiger partial charge in [-0.15, -0.1) is 40.4 Å². The van der Waals surface area contributed by atoms with Crippen molar-refractivity contribution in [3.8, 4) is 17.0 Å². The van der Waals surface area contributed by atoms with Crippen LogP contribution in [-0.2, 0) is 17.3 Å². The number of aryl methyl sites for hydroxylation is 1. The van der Waals surface area contributed by atoms with Gasteiger partial charge in [0, 0.05) is 50.5 Å². The summed E-state index contributed by atoms with van der Waals surface area (Å²) in [6.07, 6.45) is 11.0. The molecule has 0 saturated carbocycles. The largest absolute Gasteiger partial charge is 0.443 e. The molecule has 14 rings (SSSR count). The van der Waals surface area contributed by atoms with Gasteiger partial charge in [-0.05, 0) is 109 Å². The number of aromatic amines is 3. The van der Waals surface area contributed by atoms with E-state index in [4.69, 9.17) is 16.0 Å². The number of nitrogens with zero attached hydrogens (tertiary/aromatic N) is 13. The Kier molecular flexibility index (Phi) is 18.7. The zero-order valence-corrected chi connectivity index (χ0v) is 50.4. The molecule has 23 nitrogen and oxygen atoms in total. The van der Waals surface area contributed by atoms with Crippen LogP contribution in [0, 0.1) is 6.92 Å². The number of hydrogen-bond donors (Lipinski definition) is 6. The van der Waals surface area contributed by atoms with Crippen molar-refractivity contribution < 1.29 is 18.8 Å². The normalized spacial score (nSPS) is 11.0. The van der Waals surface area contributed by atoms with E-state index in [2.05, 4.69) is 91.6 Å². The average molecular weight is 1270 g/mol. The zero-order valence-electron chi connectivity index (χ0n) is 47.2. The number of oxazole rings is 1. The number of aromatic nitrogens is 16. The second-order valence-corrected chi connectivity index (χ2v) is 22.8. The van der Waals surface area contributed by atoms with Crippen molar-refractivity contribution in [3.63, 3.8) is 0 Å². The van der Waals surface area contributed by atoms with Gasteiger partial charge in [-0.2, -0.15) is 25.2 Å². The highest BCUT2D eigenvalue weighted by atomic mass is 35.5. The summed E-state index contributed by atoms with van der Waals surface area (Å²) < 4.78 is 5.45. The molecule has 6 N–H and O–H groups in total. The van der Waals surface area contributed by atoms with Gasteiger partial charge in [-0.1, -0.05) is 84.4 Å². The Bertz CT molecular complexity index is 4790. The van der Waals surface area contributed by atoms with Gasteiger partial charge in [-0.25, -0.2) is 34.9 Å². The number of amides is 3. The zero-order chi connectivity index (χ0) is 61.6. The van der Waals surface area contributed by atoms with Gasteiger partial charge in [-0.3, -0.25) is 29.7 Å². The molecule has 3 amide bonds. The minimum atomic E-state index is -0.357. The first-order valence-corrected chi connectivity index (χ1v) is 30.7. The highest BCUT2D eigenvalue weighted by Gasteiger charge is 2.20. The number of benzene rings is 6. The topological polar surface area (TPSA) is 307 Å². The van der Waals surface area contributed by atoms with Crippen molar-refractivity contribution in [3.05, 3.63) is 246 Å². The molecule has 444 valence electrons. The second-order valence-electron chi connectivity index (χ2n) is 19.4. The van der Waals surface area contributed by atoms with Crippen molar-refractivity contribution in [2.75, 3.05) is 16.0 Å². The van der Waals surface area contributed by atoms with E-state index < -0.39 is 0 Å². The van der Waals surface area contributed by atoms with Crippen LogP contribution in [0.3, 0.4) is 0 Å². The summed E-state index contributed by atoms with van der Waals surface area (Å²) in [5.41, 5.74) is 10.6. The van der Waals surface area contributed by atoms with E-state index >= 15 is 0 Å². The number of fused-ring (bicyclic) bond motifs is 3. The van der Waals surface area contributed by atoms with Gasteiger partial charge in [0.05, 0.1) is 46.1 Å². The third kappa shape index (κ3) is 14.7. The van der Waals surface area contributed by atoms with Gasteiger partial charge >= 0.3 is 0 Å². The van der Waals surface area contributed by atoms with Crippen LogP contribution < -0.4 is 16.0 Å². The summed E-state index contributed by atoms with van der Waals surface area (Å²) >= 11 is 10.7. The van der Waals surface area contributed by atoms with Gasteiger partial charge in [0.2, 0.25) is 0 Å². The molecule has 0 aliphatic carbocycles. The molecule has 27 heteroatoms. The third-order valence-electron chi connectivity index (χ3n) is 13.2. The fraction of sp³-hybridized carbons (Fsp3) is 0.0635. The molecule has 0 saturated heterocycles. The standard InChI is InChI=1S/C22H15ClN6O2S.C22H18N8OS.C19H15N5OS/c23-15-6-4-14(5-7-15)19-18(26-12-31-19)21(30)28-16-3-1-2-13(8-16)10-32-22-17-9-27-29-20(17)24-11-25-22;1-14-19(29-30(28-14)17-8-3-2-4-9-17)21(31)26-16-7-5-6-15(10-16)12-32-22-18-11-25-27-20(18)23-13-24-22;25-18(14-6-2-1-3-7-14)23-15-8-4-5-13(9-15)11-26-19-16-10-22-24-17(16)20-12-21-19/h1-9,11-12H,10H2,(H,28,30)(H,24,25,27,29);2-11,13H,12H2,1H3,(H,26,31)(H,23,24,25,27);1-10,12H,11H2,(H,23,25)(H,20,21,22,24). The molecule has 0 spiro atoms. The first kappa shape index (κ1) is 59.4. The molecule has 0 aliphatic heterocycles. The van der Waals surface area contributed by atoms with Crippen molar-refractivity contribution in [2.45, 2.75) is 39.3 Å². The maximum absolute atomic E-state index is 12.9. The predicted molar refractivity (Wildman–Crippen MR) is 346 cm³/mol. The molecule has 6 aromatic carbocycles. The van der Waals surface area contributed by atoms with E-state index in [1.807, 2.05) is 121 Å². The van der Waals surface area contributed by atoms with Crippen LogP contribution in [-0.4, -0.2) is 98.2 Å². The molecule has 14 aromatic rings. The highest BCUT2D eigenvalue weighted by molar-refractivity contribution is 7.99. The molecule has 90 heavy (non-hydrogen) atoms. The van der Waals surface area contributed by atoms with Gasteiger partial charge < -0.3 is 20.4 Å². The lowest BCUT2D eigenvalue weighted by Gasteiger charge is -2.08. The minimum Gasteiger partial charge on any atom is -0.443 e. The molecule has 0 bridgehead atoms. The number of H-pyrrole nitrogens is 3. The maximum Gasteiger partial charge on any atom is 0.278 e. The summed E-state index contributed by atoms with van der Waals surface area (Å²) in [5.74, 6) is 1.69. The molecular weight excluding hydrogens is 1220 g/mol. The minimum absolute atomic E-state index is 0.119. The molecular formula is C63H48ClN19O4S3. The fourth-order valence-corrected chi connectivity index (χ4v) is 11.8. The number of para-hydroxylation sites is 1. The Morgan fingerprint density at radius 3 is 1.41 bits per heavy atom. The summed E-state index contributed by atoms with van der Waals surface area (Å²) in [7, 11) is 0. The first-order valence-electron chi connectivity index (χ1n) is 27.4. The summed E-state index contributed by atoms with van der Waals surface area (Å²) in [6.45, 7) is 1.77. The van der Waals surface area contributed by atoms with Crippen LogP contribution in [0.1, 0.15) is 53.7 Å². The maximum atomic E-state index is 12.9. The van der Waals surface area contributed by atoms with Crippen LogP contribution in [0.4, 0.5) is 17.1 Å². The number of halogens is 1. The fourth-order valence-electron chi connectivity index (χ4n) is 8.90. The Morgan fingerprint density at radius 1 is 0.489 bits per heavy atom. The van der Waals surface area contributed by atoms with Gasteiger partial charge in [0.25, 0.3) is 17.7 Å². The number of carbonyl (C=O) groups excluding carboxylic acids is 3. The molecule has 8 aromatic heterocycles. The average Bonchev–Trinajstić information content (AvgIpc) is 3.60. The van der Waals surface area contributed by atoms with E-state index in [-0.39, 0.29) is 29.1 Å². The summed E-state index contributed by atoms with van der Waals surface area (Å²) in [6, 6.07) is 48.8. The lowest BCUT2D eigenvalue weighted by atomic mass is 10.1. The monoisotopic (exact) mass is 1270 g/mol. The van der Waals surface area contributed by atoms with Crippen molar-refractivity contribution in [1.82, 2.24) is 80.5 Å². The van der Waals surface area contributed by atoms with Crippen LogP contribution in [0.5, 0.6) is 0 Å². The highest BCUT2D eigenvalue weighted by Crippen LogP contribution is 2.31. The van der Waals surface area contributed by atoms with E-state index in [0.29, 0.717) is 56.2 Å². The van der Waals surface area contributed by atoms with Crippen LogP contribution in [0.15, 0.2) is 221 Å². The predicted octanol–water partition coefficient (Wildman–Crippen LogP) is 12.9. The number of anilines is 3. The molecule has 8 heterocycles. The SMILES string of the molecule is Cc1nn(-c2ccccc2)nc1C(=O)Nc1cccc(CSc2ncnc3[nH]ncc23)c1.O=C(Nc1cccc(CSc2ncnc3[nH]ncc23)c1)c1ccccc1.O=C(Nc1cccc(CSc2ncnc3[nH]ncc23)c1)c1ncoc1-c1ccc(Cl)cc1. The Labute approximate surface area is 529 Å². The van der Waals surface area contributed by atoms with Crippen LogP contribution in [0.25, 0.3) is 50.1 Å². The summed E-state index contributed by atoms with van der Waals surface area (Å²) in [4.78, 5) is 69.0. The van der Waals surface area contributed by atoms with E-state index in [1.165, 1.54) is 30.2 Å². The molecule has 0 unspecified atom stereocenters. The van der Waals surface area contributed by atoms with Crippen LogP contribution in [0.2, 0.25) is 5.02 Å². The van der Waals surface area contributed by atoms with E-state index in [0.717, 1.165) is 76.3 Å². The lowest BCUT2D eigenvalue weighted by Crippen LogP contribution is -2.14. The quantitative estimate of drug-likeness (QED) is 0.0364. The van der Waals surface area contributed by atoms with Gasteiger partial charge in [0.15, 0.2) is 40.5 Å². The number of carbonyl (C=O) groups is 3. The van der Waals surface area contributed by atoms with Gasteiger partial charge in [0.1, 0.15) is 34.1 Å². The number of nitrogens with one attached hydrogen (secondary N) is 6. The number of rotatable bonds is 17. The Hall–Kier alpha value is -10.9. The van der Waals surface area contributed by atoms with E-state index in [9.17, 15) is 14.4 Å². The van der Waals surface area contributed by atoms with Crippen molar-refractivity contribution >= 4 is 115 Å². The third-order valence-corrected chi connectivity index (χ3v) is 16.7. The first-order chi connectivity index (χ1) is 44.1. The van der Waals surface area contributed by atoms with E-state index in [1.54, 1.807) is 97.2 Å². The second kappa shape index (κ2) is 28.3. The molecule has 0 fully saturated rings. The number of thioether (sulfide) groups is 3. The smallest absolute Gasteiger partial charge is 0.278 e. The van der Waals surface area contributed by atoms with Crippen molar-refractivity contribution in [2.24, 2.45) is 0 Å².